The molecule has 4 nitrogen and oxygen atoms in total. The van der Waals surface area contributed by atoms with Crippen molar-refractivity contribution in [1.29, 1.82) is 5.26 Å². The number of nitriles is 1. The van der Waals surface area contributed by atoms with Crippen LogP contribution in [0, 0.1) is 11.3 Å². The third-order valence-electron chi connectivity index (χ3n) is 2.50. The summed E-state index contributed by atoms with van der Waals surface area (Å²) in [5.74, 6) is 0.182. The van der Waals surface area contributed by atoms with Crippen LogP contribution in [0.5, 0.6) is 0 Å². The standard InChI is InChI=1S/C13H10ClN3OS/c14-10-3-4-11(16)13(6-10)19(18)8-9-2-1-5-17-12(9)7-15/h1-6H,8,16H2. The van der Waals surface area contributed by atoms with Crippen LogP contribution in [0.3, 0.4) is 0 Å². The molecule has 0 fully saturated rings. The Balaban J connectivity index is 2.31. The van der Waals surface area contributed by atoms with Gasteiger partial charge in [0.1, 0.15) is 11.8 Å². The lowest BCUT2D eigenvalue weighted by atomic mass is 10.2. The van der Waals surface area contributed by atoms with E-state index in [1.165, 1.54) is 6.20 Å². The number of pyridine rings is 1. The Hall–Kier alpha value is -1.90. The predicted octanol–water partition coefficient (Wildman–Crippen LogP) is 2.50. The van der Waals surface area contributed by atoms with E-state index in [2.05, 4.69) is 4.98 Å². The number of benzene rings is 1. The van der Waals surface area contributed by atoms with Crippen molar-refractivity contribution >= 4 is 28.1 Å². The fraction of sp³-hybridized carbons (Fsp3) is 0.0769. The summed E-state index contributed by atoms with van der Waals surface area (Å²) in [4.78, 5) is 4.40. The van der Waals surface area contributed by atoms with Crippen LogP contribution in [0.15, 0.2) is 41.4 Å². The van der Waals surface area contributed by atoms with Gasteiger partial charge in [0.2, 0.25) is 0 Å². The summed E-state index contributed by atoms with van der Waals surface area (Å²) in [5.41, 5.74) is 7.11. The number of anilines is 1. The van der Waals surface area contributed by atoms with Crippen LogP contribution in [0.4, 0.5) is 5.69 Å². The van der Waals surface area contributed by atoms with E-state index in [0.717, 1.165) is 0 Å². The minimum atomic E-state index is -1.37. The van der Waals surface area contributed by atoms with Gasteiger partial charge in [-0.25, -0.2) is 4.98 Å². The van der Waals surface area contributed by atoms with Crippen molar-refractivity contribution < 1.29 is 4.21 Å². The molecule has 0 radical (unpaired) electrons. The van der Waals surface area contributed by atoms with Gasteiger partial charge < -0.3 is 5.73 Å². The van der Waals surface area contributed by atoms with Gasteiger partial charge in [-0.1, -0.05) is 17.7 Å². The van der Waals surface area contributed by atoms with Gasteiger partial charge in [-0.2, -0.15) is 5.26 Å². The third-order valence-corrected chi connectivity index (χ3v) is 4.16. The van der Waals surface area contributed by atoms with Gasteiger partial charge in [0.25, 0.3) is 0 Å². The highest BCUT2D eigenvalue weighted by molar-refractivity contribution is 7.84. The van der Waals surface area contributed by atoms with Gasteiger partial charge in [-0.05, 0) is 24.3 Å². The van der Waals surface area contributed by atoms with E-state index < -0.39 is 10.8 Å². The first-order valence-corrected chi connectivity index (χ1v) is 7.09. The van der Waals surface area contributed by atoms with Crippen LogP contribution in [0.2, 0.25) is 5.02 Å². The van der Waals surface area contributed by atoms with Crippen LogP contribution in [-0.4, -0.2) is 9.19 Å². The van der Waals surface area contributed by atoms with Crippen molar-refractivity contribution in [2.45, 2.75) is 10.6 Å². The lowest BCUT2D eigenvalue weighted by Crippen LogP contribution is -2.03. The Morgan fingerprint density at radius 3 is 2.95 bits per heavy atom. The van der Waals surface area contributed by atoms with Gasteiger partial charge in [0.15, 0.2) is 0 Å². The molecule has 0 aliphatic heterocycles. The van der Waals surface area contributed by atoms with E-state index in [-0.39, 0.29) is 11.4 Å². The minimum Gasteiger partial charge on any atom is -0.398 e. The second kappa shape index (κ2) is 5.83. The molecule has 0 bridgehead atoms. The molecule has 1 unspecified atom stereocenters. The van der Waals surface area contributed by atoms with Crippen LogP contribution in [-0.2, 0) is 16.6 Å². The zero-order valence-electron chi connectivity index (χ0n) is 9.84. The second-order valence-corrected chi connectivity index (χ2v) is 5.65. The Labute approximate surface area is 118 Å². The second-order valence-electron chi connectivity index (χ2n) is 3.79. The van der Waals surface area contributed by atoms with Crippen LogP contribution >= 0.6 is 11.6 Å². The molecule has 2 aromatic rings. The molecule has 0 amide bonds. The fourth-order valence-corrected chi connectivity index (χ4v) is 3.08. The first kappa shape index (κ1) is 13.5. The largest absolute Gasteiger partial charge is 0.398 e. The highest BCUT2D eigenvalue weighted by Gasteiger charge is 2.12. The zero-order valence-corrected chi connectivity index (χ0v) is 11.4. The molecule has 0 spiro atoms. The van der Waals surface area contributed by atoms with Crippen molar-refractivity contribution in [2.24, 2.45) is 0 Å². The van der Waals surface area contributed by atoms with Crippen LogP contribution in [0.25, 0.3) is 0 Å². The van der Waals surface area contributed by atoms with Gasteiger partial charge >= 0.3 is 0 Å². The molecular formula is C13H10ClN3OS. The molecule has 96 valence electrons. The monoisotopic (exact) mass is 291 g/mol. The molecule has 2 N–H and O–H groups in total. The number of hydrogen-bond acceptors (Lipinski definition) is 4. The summed E-state index contributed by atoms with van der Waals surface area (Å²) in [6, 6.07) is 10.2. The first-order chi connectivity index (χ1) is 9.11. The summed E-state index contributed by atoms with van der Waals surface area (Å²) < 4.78 is 12.3. The highest BCUT2D eigenvalue weighted by atomic mass is 35.5. The topological polar surface area (TPSA) is 79.8 Å². The van der Waals surface area contributed by atoms with E-state index in [1.807, 2.05) is 6.07 Å². The summed E-state index contributed by atoms with van der Waals surface area (Å²) in [6.07, 6.45) is 1.53. The summed E-state index contributed by atoms with van der Waals surface area (Å²) in [7, 11) is -1.37. The van der Waals surface area contributed by atoms with E-state index >= 15 is 0 Å². The van der Waals surface area contributed by atoms with Crippen molar-refractivity contribution in [3.63, 3.8) is 0 Å². The molecule has 0 saturated carbocycles. The highest BCUT2D eigenvalue weighted by Crippen LogP contribution is 2.23. The Morgan fingerprint density at radius 1 is 1.42 bits per heavy atom. The van der Waals surface area contributed by atoms with Crippen molar-refractivity contribution in [3.05, 3.63) is 52.8 Å². The third kappa shape index (κ3) is 3.11. The molecule has 1 aromatic carbocycles. The normalized spacial score (nSPS) is 11.8. The molecule has 2 rings (SSSR count). The summed E-state index contributed by atoms with van der Waals surface area (Å²) in [5, 5.41) is 9.42. The smallest absolute Gasteiger partial charge is 0.144 e. The van der Waals surface area contributed by atoms with Gasteiger partial charge in [-0.3, -0.25) is 4.21 Å². The van der Waals surface area contributed by atoms with Gasteiger partial charge in [0, 0.05) is 22.5 Å². The summed E-state index contributed by atoms with van der Waals surface area (Å²) in [6.45, 7) is 0. The number of aromatic nitrogens is 1. The number of nitrogens with zero attached hydrogens (tertiary/aromatic N) is 2. The minimum absolute atomic E-state index is 0.182. The summed E-state index contributed by atoms with van der Waals surface area (Å²) >= 11 is 5.87. The first-order valence-electron chi connectivity index (χ1n) is 5.39. The van der Waals surface area contributed by atoms with Gasteiger partial charge in [0.05, 0.1) is 21.4 Å². The quantitative estimate of drug-likeness (QED) is 0.881. The fourth-order valence-electron chi connectivity index (χ4n) is 1.58. The molecule has 19 heavy (non-hydrogen) atoms. The number of rotatable bonds is 3. The SMILES string of the molecule is N#Cc1ncccc1CS(=O)c1cc(Cl)ccc1N. The maximum absolute atomic E-state index is 12.3. The Kier molecular flexibility index (Phi) is 4.15. The average Bonchev–Trinajstić information content (AvgIpc) is 2.42. The maximum Gasteiger partial charge on any atom is 0.144 e. The average molecular weight is 292 g/mol. The molecular weight excluding hydrogens is 282 g/mol. The molecule has 1 aromatic heterocycles. The lowest BCUT2D eigenvalue weighted by Gasteiger charge is -2.07. The van der Waals surface area contributed by atoms with Crippen LogP contribution < -0.4 is 5.73 Å². The maximum atomic E-state index is 12.3. The van der Waals surface area contributed by atoms with E-state index in [0.29, 0.717) is 21.2 Å². The predicted molar refractivity (Wildman–Crippen MR) is 74.9 cm³/mol. The van der Waals surface area contributed by atoms with Crippen molar-refractivity contribution in [1.82, 2.24) is 4.98 Å². The zero-order chi connectivity index (χ0) is 13.8. The van der Waals surface area contributed by atoms with E-state index in [4.69, 9.17) is 22.6 Å². The number of nitrogens with two attached hydrogens (primary N) is 1. The van der Waals surface area contributed by atoms with Gasteiger partial charge in [-0.15, -0.1) is 0 Å². The lowest BCUT2D eigenvalue weighted by molar-refractivity contribution is 0.683. The van der Waals surface area contributed by atoms with Crippen LogP contribution in [0.1, 0.15) is 11.3 Å². The molecule has 0 saturated heterocycles. The number of halogens is 1. The van der Waals surface area contributed by atoms with E-state index in [1.54, 1.807) is 30.3 Å². The molecule has 6 heteroatoms. The molecule has 1 heterocycles. The molecule has 0 aliphatic carbocycles. The number of nitrogen functional groups attached to an aromatic ring is 1. The van der Waals surface area contributed by atoms with Crippen molar-refractivity contribution in [2.75, 3.05) is 5.73 Å². The molecule has 1 atom stereocenters. The number of hydrogen-bond donors (Lipinski definition) is 1. The Bertz CT molecular complexity index is 682. The molecule has 0 aliphatic rings. The Morgan fingerprint density at radius 2 is 2.21 bits per heavy atom. The van der Waals surface area contributed by atoms with Crippen molar-refractivity contribution in [3.8, 4) is 6.07 Å². The van der Waals surface area contributed by atoms with E-state index in [9.17, 15) is 4.21 Å².